The monoisotopic (exact) mass is 276 g/mol. The van der Waals surface area contributed by atoms with Gasteiger partial charge in [-0.1, -0.05) is 12.1 Å². The molecule has 3 nitrogen and oxygen atoms in total. The molecule has 4 heteroatoms. The molecule has 0 bridgehead atoms. The molecule has 0 heterocycles. The molecule has 62 valence electrons. The zero-order valence-corrected chi connectivity index (χ0v) is 8.11. The van der Waals surface area contributed by atoms with Gasteiger partial charge in [-0.3, -0.25) is 4.79 Å². The van der Waals surface area contributed by atoms with Crippen LogP contribution in [0.2, 0.25) is 0 Å². The second-order valence-corrected chi connectivity index (χ2v) is 3.14. The molecule has 0 aliphatic rings. The number of halogens is 1. The lowest BCUT2D eigenvalue weighted by molar-refractivity contribution is 0.0697. The topological polar surface area (TPSA) is 54.4 Å². The number of carboxylic acid groups (broad SMARTS) is 1. The van der Waals surface area contributed by atoms with Crippen LogP contribution in [0.15, 0.2) is 24.3 Å². The Hall–Kier alpha value is -0.910. The molecule has 1 rings (SSSR count). The number of hydrogen-bond donors (Lipinski definition) is 1. The third-order valence-electron chi connectivity index (χ3n) is 1.34. The average molecular weight is 276 g/mol. The van der Waals surface area contributed by atoms with Crippen molar-refractivity contribution in [3.8, 4) is 0 Å². The van der Waals surface area contributed by atoms with Crippen molar-refractivity contribution >= 4 is 32.4 Å². The largest absolute Gasteiger partial charge is 0.478 e. The van der Waals surface area contributed by atoms with Crippen molar-refractivity contribution in [1.29, 1.82) is 0 Å². The quantitative estimate of drug-likeness (QED) is 0.663. The van der Waals surface area contributed by atoms with E-state index in [1.165, 1.54) is 12.1 Å². The van der Waals surface area contributed by atoms with E-state index in [4.69, 9.17) is 5.11 Å². The van der Waals surface area contributed by atoms with Gasteiger partial charge in [0.1, 0.15) is 0 Å². The van der Waals surface area contributed by atoms with E-state index in [1.807, 2.05) is 0 Å². The summed E-state index contributed by atoms with van der Waals surface area (Å²) < 4.78 is -0.157. The highest BCUT2D eigenvalue weighted by Crippen LogP contribution is 2.09. The minimum absolute atomic E-state index is 0.137. The molecular weight excluding hydrogens is 271 g/mol. The molecule has 0 aliphatic carbocycles. The van der Waals surface area contributed by atoms with Crippen LogP contribution in [0, 0.1) is 0 Å². The average Bonchev–Trinajstić information content (AvgIpc) is 2.04. The summed E-state index contributed by atoms with van der Waals surface area (Å²) in [6.45, 7) is 0. The van der Waals surface area contributed by atoms with Crippen molar-refractivity contribution in [3.05, 3.63) is 35.4 Å². The summed E-state index contributed by atoms with van der Waals surface area (Å²) in [7, 11) is 0. The third kappa shape index (κ3) is 2.04. The zero-order chi connectivity index (χ0) is 9.14. The van der Waals surface area contributed by atoms with Gasteiger partial charge in [0.15, 0.2) is 0 Å². The molecule has 0 aliphatic heterocycles. The fourth-order valence-electron chi connectivity index (χ4n) is 0.774. The van der Waals surface area contributed by atoms with Crippen molar-refractivity contribution in [3.63, 3.8) is 0 Å². The lowest BCUT2D eigenvalue weighted by Crippen LogP contribution is -1.98. The minimum atomic E-state index is -1.02. The summed E-state index contributed by atoms with van der Waals surface area (Å²) in [5, 5.41) is 8.58. The first-order valence-corrected chi connectivity index (χ1v) is 4.22. The molecule has 0 spiro atoms. The normalized spacial score (nSPS) is 9.42. The fraction of sp³-hybridized carbons (Fsp3) is 0. The third-order valence-corrected chi connectivity index (χ3v) is 1.96. The minimum Gasteiger partial charge on any atom is -0.478 e. The summed E-state index contributed by atoms with van der Waals surface area (Å²) in [6.07, 6.45) is 0. The molecule has 0 saturated heterocycles. The van der Waals surface area contributed by atoms with Gasteiger partial charge >= 0.3 is 5.97 Å². The van der Waals surface area contributed by atoms with E-state index < -0.39 is 5.97 Å². The van der Waals surface area contributed by atoms with Crippen molar-refractivity contribution in [2.24, 2.45) is 0 Å². The molecule has 0 radical (unpaired) electrons. The molecule has 0 aromatic heterocycles. The van der Waals surface area contributed by atoms with Crippen molar-refractivity contribution in [2.45, 2.75) is 0 Å². The Bertz CT molecular complexity index is 304. The standard InChI is InChI=1S/C8H5IO3/c9-7(10)5-2-1-3-6(4-5)8(11)12/h1-4H,(H,11,12). The predicted octanol–water partition coefficient (Wildman–Crippen LogP) is 1.96. The molecule has 1 aromatic carbocycles. The van der Waals surface area contributed by atoms with E-state index in [9.17, 15) is 9.59 Å². The maximum absolute atomic E-state index is 10.8. The molecule has 0 unspecified atom stereocenters. The van der Waals surface area contributed by atoms with Crippen molar-refractivity contribution < 1.29 is 14.7 Å². The van der Waals surface area contributed by atoms with Crippen LogP contribution in [0.5, 0.6) is 0 Å². The number of carbonyl (C=O) groups excluding carboxylic acids is 1. The van der Waals surface area contributed by atoms with Gasteiger partial charge < -0.3 is 5.11 Å². The van der Waals surface area contributed by atoms with Gasteiger partial charge in [-0.15, -0.1) is 0 Å². The molecule has 0 amide bonds. The Morgan fingerprint density at radius 2 is 1.83 bits per heavy atom. The number of carboxylic acids is 1. The second kappa shape index (κ2) is 3.66. The number of benzene rings is 1. The molecule has 0 fully saturated rings. The van der Waals surface area contributed by atoms with Crippen LogP contribution in [-0.2, 0) is 0 Å². The number of aromatic carboxylic acids is 1. The molecule has 1 N–H and O–H groups in total. The van der Waals surface area contributed by atoms with Crippen LogP contribution in [0.25, 0.3) is 0 Å². The molecule has 1 aromatic rings. The van der Waals surface area contributed by atoms with Crippen LogP contribution in [0.3, 0.4) is 0 Å². The van der Waals surface area contributed by atoms with Gasteiger partial charge in [-0.25, -0.2) is 4.79 Å². The number of rotatable bonds is 2. The van der Waals surface area contributed by atoms with E-state index in [-0.39, 0.29) is 9.35 Å². The Morgan fingerprint density at radius 1 is 1.25 bits per heavy atom. The van der Waals surface area contributed by atoms with Gasteiger partial charge in [0, 0.05) is 28.2 Å². The van der Waals surface area contributed by atoms with Gasteiger partial charge in [0.25, 0.3) is 0 Å². The van der Waals surface area contributed by atoms with E-state index in [2.05, 4.69) is 0 Å². The summed E-state index contributed by atoms with van der Waals surface area (Å²) >= 11 is 1.62. The maximum Gasteiger partial charge on any atom is 0.335 e. The Balaban J connectivity index is 3.12. The molecule has 0 saturated carbocycles. The van der Waals surface area contributed by atoms with Gasteiger partial charge in [0.05, 0.1) is 5.56 Å². The van der Waals surface area contributed by atoms with Gasteiger partial charge in [0.2, 0.25) is 3.79 Å². The SMILES string of the molecule is O=C(O)c1cccc(C(=O)I)c1. The highest BCUT2D eigenvalue weighted by atomic mass is 127. The predicted molar refractivity (Wildman–Crippen MR) is 51.8 cm³/mol. The number of hydrogen-bond acceptors (Lipinski definition) is 2. The van der Waals surface area contributed by atoms with Crippen LogP contribution in [0.4, 0.5) is 0 Å². The lowest BCUT2D eigenvalue weighted by atomic mass is 10.1. The van der Waals surface area contributed by atoms with E-state index in [1.54, 1.807) is 34.7 Å². The summed E-state index contributed by atoms with van der Waals surface area (Å²) in [5.41, 5.74) is 0.549. The maximum atomic E-state index is 10.8. The first-order chi connectivity index (χ1) is 5.61. The summed E-state index contributed by atoms with van der Waals surface area (Å²) in [5.74, 6) is -1.02. The van der Waals surface area contributed by atoms with E-state index in [0.29, 0.717) is 5.56 Å². The van der Waals surface area contributed by atoms with E-state index in [0.717, 1.165) is 0 Å². The first kappa shape index (κ1) is 9.18. The molecular formula is C8H5IO3. The summed E-state index contributed by atoms with van der Waals surface area (Å²) in [6, 6.07) is 5.94. The Kier molecular flexibility index (Phi) is 2.80. The Labute approximate surface area is 82.5 Å². The second-order valence-electron chi connectivity index (χ2n) is 2.16. The highest BCUT2D eigenvalue weighted by Gasteiger charge is 2.05. The lowest BCUT2D eigenvalue weighted by Gasteiger charge is -1.95. The van der Waals surface area contributed by atoms with Crippen LogP contribution in [-0.4, -0.2) is 14.9 Å². The summed E-state index contributed by atoms with van der Waals surface area (Å²) in [4.78, 5) is 21.3. The first-order valence-electron chi connectivity index (χ1n) is 3.14. The van der Waals surface area contributed by atoms with Gasteiger partial charge in [-0.05, 0) is 12.1 Å². The Morgan fingerprint density at radius 3 is 2.33 bits per heavy atom. The van der Waals surface area contributed by atoms with Crippen LogP contribution < -0.4 is 0 Å². The van der Waals surface area contributed by atoms with Crippen molar-refractivity contribution in [2.75, 3.05) is 0 Å². The molecule has 12 heavy (non-hydrogen) atoms. The van der Waals surface area contributed by atoms with Crippen LogP contribution in [0.1, 0.15) is 20.7 Å². The van der Waals surface area contributed by atoms with Gasteiger partial charge in [-0.2, -0.15) is 0 Å². The van der Waals surface area contributed by atoms with Crippen LogP contribution >= 0.6 is 22.6 Å². The molecule has 0 atom stereocenters. The van der Waals surface area contributed by atoms with E-state index >= 15 is 0 Å². The smallest absolute Gasteiger partial charge is 0.335 e. The fourth-order valence-corrected chi connectivity index (χ4v) is 1.11. The highest BCUT2D eigenvalue weighted by molar-refractivity contribution is 14.1. The zero-order valence-electron chi connectivity index (χ0n) is 5.95. The number of carbonyl (C=O) groups is 2. The van der Waals surface area contributed by atoms with Crippen molar-refractivity contribution in [1.82, 2.24) is 0 Å².